The van der Waals surface area contributed by atoms with Crippen molar-refractivity contribution in [2.75, 3.05) is 18.5 Å². The Morgan fingerprint density at radius 2 is 1.96 bits per heavy atom. The molecule has 3 heterocycles. The first-order valence-corrected chi connectivity index (χ1v) is 8.15. The van der Waals surface area contributed by atoms with E-state index in [1.165, 1.54) is 6.20 Å². The quantitative estimate of drug-likeness (QED) is 0.777. The van der Waals surface area contributed by atoms with Gasteiger partial charge in [0.1, 0.15) is 5.56 Å². The van der Waals surface area contributed by atoms with Crippen molar-refractivity contribution >= 4 is 17.2 Å². The number of ether oxygens (including phenoxy) is 2. The Hall–Kier alpha value is -3.09. The van der Waals surface area contributed by atoms with Crippen LogP contribution < -0.4 is 14.8 Å². The molecule has 2 aromatic heterocycles. The molecule has 1 aromatic carbocycles. The SMILES string of the molecule is Cc1cc(C)n2ncc(C(=O)Nc3ccc4c(c3)OCCCO4)c2n1. The molecule has 0 unspecified atom stereocenters. The first-order chi connectivity index (χ1) is 12.1. The number of anilines is 1. The fraction of sp³-hybridized carbons (Fsp3) is 0.278. The molecule has 4 rings (SSSR count). The summed E-state index contributed by atoms with van der Waals surface area (Å²) in [5.74, 6) is 1.07. The highest BCUT2D eigenvalue weighted by Crippen LogP contribution is 2.32. The number of benzene rings is 1. The standard InChI is InChI=1S/C18H18N4O3/c1-11-8-12(2)22-17(20-11)14(10-19-22)18(23)21-13-4-5-15-16(9-13)25-7-3-6-24-15/h4-5,8-10H,3,6-7H2,1-2H3,(H,21,23). The zero-order valence-corrected chi connectivity index (χ0v) is 14.1. The number of hydrogen-bond donors (Lipinski definition) is 1. The summed E-state index contributed by atoms with van der Waals surface area (Å²) in [4.78, 5) is 17.1. The Morgan fingerprint density at radius 3 is 2.80 bits per heavy atom. The van der Waals surface area contributed by atoms with Gasteiger partial charge in [-0.1, -0.05) is 0 Å². The number of hydrogen-bond acceptors (Lipinski definition) is 5. The lowest BCUT2D eigenvalue weighted by molar-refractivity contribution is 0.102. The summed E-state index contributed by atoms with van der Waals surface area (Å²) >= 11 is 0. The number of carbonyl (C=O) groups excluding carboxylic acids is 1. The number of carbonyl (C=O) groups is 1. The van der Waals surface area contributed by atoms with E-state index in [4.69, 9.17) is 9.47 Å². The van der Waals surface area contributed by atoms with Crippen LogP contribution >= 0.6 is 0 Å². The molecule has 7 nitrogen and oxygen atoms in total. The lowest BCUT2D eigenvalue weighted by Gasteiger charge is -2.10. The first-order valence-electron chi connectivity index (χ1n) is 8.15. The molecule has 0 fully saturated rings. The number of fused-ring (bicyclic) bond motifs is 2. The Balaban J connectivity index is 1.63. The second-order valence-electron chi connectivity index (χ2n) is 6.00. The summed E-state index contributed by atoms with van der Waals surface area (Å²) in [6.07, 6.45) is 2.37. The van der Waals surface area contributed by atoms with E-state index in [-0.39, 0.29) is 5.91 Å². The monoisotopic (exact) mass is 338 g/mol. The highest BCUT2D eigenvalue weighted by atomic mass is 16.5. The van der Waals surface area contributed by atoms with Crippen LogP contribution in [0.15, 0.2) is 30.5 Å². The van der Waals surface area contributed by atoms with Crippen LogP contribution in [0.3, 0.4) is 0 Å². The molecular weight excluding hydrogens is 320 g/mol. The molecule has 7 heteroatoms. The predicted molar refractivity (Wildman–Crippen MR) is 92.5 cm³/mol. The van der Waals surface area contributed by atoms with E-state index in [1.54, 1.807) is 22.7 Å². The molecule has 1 aliphatic heterocycles. The van der Waals surface area contributed by atoms with E-state index < -0.39 is 0 Å². The first kappa shape index (κ1) is 15.4. The summed E-state index contributed by atoms with van der Waals surface area (Å²) in [5.41, 5.74) is 3.38. The number of amides is 1. The zero-order valence-electron chi connectivity index (χ0n) is 14.1. The average molecular weight is 338 g/mol. The summed E-state index contributed by atoms with van der Waals surface area (Å²) in [7, 11) is 0. The van der Waals surface area contributed by atoms with Gasteiger partial charge in [0.05, 0.1) is 19.4 Å². The lowest BCUT2D eigenvalue weighted by Crippen LogP contribution is -2.12. The lowest BCUT2D eigenvalue weighted by atomic mass is 10.2. The van der Waals surface area contributed by atoms with Crippen molar-refractivity contribution in [2.24, 2.45) is 0 Å². The van der Waals surface area contributed by atoms with E-state index in [2.05, 4.69) is 15.4 Å². The molecule has 1 aliphatic rings. The molecule has 0 radical (unpaired) electrons. The van der Waals surface area contributed by atoms with E-state index in [9.17, 15) is 4.79 Å². The van der Waals surface area contributed by atoms with Gasteiger partial charge in [-0.25, -0.2) is 9.50 Å². The van der Waals surface area contributed by atoms with Gasteiger partial charge in [0.25, 0.3) is 5.91 Å². The van der Waals surface area contributed by atoms with Crippen LogP contribution in [0, 0.1) is 13.8 Å². The second-order valence-corrected chi connectivity index (χ2v) is 6.00. The molecule has 0 saturated heterocycles. The fourth-order valence-corrected chi connectivity index (χ4v) is 2.87. The normalized spacial score (nSPS) is 13.5. The Kier molecular flexibility index (Phi) is 3.76. The number of nitrogens with one attached hydrogen (secondary N) is 1. The van der Waals surface area contributed by atoms with Gasteiger partial charge < -0.3 is 14.8 Å². The maximum atomic E-state index is 12.7. The van der Waals surface area contributed by atoms with E-state index >= 15 is 0 Å². The van der Waals surface area contributed by atoms with E-state index in [0.717, 1.165) is 17.8 Å². The highest BCUT2D eigenvalue weighted by molar-refractivity contribution is 6.08. The van der Waals surface area contributed by atoms with Gasteiger partial charge in [0.15, 0.2) is 17.1 Å². The third-order valence-corrected chi connectivity index (χ3v) is 4.03. The molecule has 0 saturated carbocycles. The maximum absolute atomic E-state index is 12.7. The van der Waals surface area contributed by atoms with E-state index in [1.807, 2.05) is 19.9 Å². The summed E-state index contributed by atoms with van der Waals surface area (Å²) < 4.78 is 12.9. The van der Waals surface area contributed by atoms with Crippen LogP contribution in [-0.4, -0.2) is 33.7 Å². The van der Waals surface area contributed by atoms with Crippen LogP contribution in [0.4, 0.5) is 5.69 Å². The van der Waals surface area contributed by atoms with Crippen LogP contribution in [0.1, 0.15) is 28.2 Å². The van der Waals surface area contributed by atoms with Gasteiger partial charge in [-0.05, 0) is 32.0 Å². The van der Waals surface area contributed by atoms with Crippen molar-refractivity contribution in [1.82, 2.24) is 14.6 Å². The Bertz CT molecular complexity index is 964. The van der Waals surface area contributed by atoms with Crippen LogP contribution in [0.5, 0.6) is 11.5 Å². The maximum Gasteiger partial charge on any atom is 0.261 e. The molecule has 1 N–H and O–H groups in total. The van der Waals surface area contributed by atoms with Crippen molar-refractivity contribution in [3.63, 3.8) is 0 Å². The average Bonchev–Trinajstić information content (AvgIpc) is 2.86. The molecule has 0 atom stereocenters. The van der Waals surface area contributed by atoms with Gasteiger partial charge in [-0.15, -0.1) is 0 Å². The minimum Gasteiger partial charge on any atom is -0.490 e. The molecule has 0 spiro atoms. The summed E-state index contributed by atoms with van der Waals surface area (Å²) in [6, 6.07) is 7.29. The third kappa shape index (κ3) is 2.88. The molecule has 3 aromatic rings. The van der Waals surface area contributed by atoms with Crippen molar-refractivity contribution < 1.29 is 14.3 Å². The number of aromatic nitrogens is 3. The van der Waals surface area contributed by atoms with Crippen molar-refractivity contribution in [3.8, 4) is 11.5 Å². The zero-order chi connectivity index (χ0) is 17.4. The minimum absolute atomic E-state index is 0.262. The van der Waals surface area contributed by atoms with Gasteiger partial charge in [0, 0.05) is 29.6 Å². The van der Waals surface area contributed by atoms with Crippen molar-refractivity contribution in [3.05, 3.63) is 47.4 Å². The smallest absolute Gasteiger partial charge is 0.261 e. The molecular formula is C18H18N4O3. The van der Waals surface area contributed by atoms with Gasteiger partial charge >= 0.3 is 0 Å². The fourth-order valence-electron chi connectivity index (χ4n) is 2.87. The Morgan fingerprint density at radius 1 is 1.16 bits per heavy atom. The Labute approximate surface area is 144 Å². The second kappa shape index (κ2) is 6.08. The third-order valence-electron chi connectivity index (χ3n) is 4.03. The van der Waals surface area contributed by atoms with Gasteiger partial charge in [-0.3, -0.25) is 4.79 Å². The molecule has 1 amide bonds. The number of rotatable bonds is 2. The summed E-state index contributed by atoms with van der Waals surface area (Å²) in [5, 5.41) is 7.13. The van der Waals surface area contributed by atoms with Crippen LogP contribution in [0.25, 0.3) is 5.65 Å². The minimum atomic E-state index is -0.262. The molecule has 25 heavy (non-hydrogen) atoms. The van der Waals surface area contributed by atoms with Crippen molar-refractivity contribution in [2.45, 2.75) is 20.3 Å². The summed E-state index contributed by atoms with van der Waals surface area (Å²) in [6.45, 7) is 5.05. The molecule has 0 bridgehead atoms. The largest absolute Gasteiger partial charge is 0.490 e. The van der Waals surface area contributed by atoms with Crippen LogP contribution in [-0.2, 0) is 0 Å². The topological polar surface area (TPSA) is 77.8 Å². The highest BCUT2D eigenvalue weighted by Gasteiger charge is 2.17. The van der Waals surface area contributed by atoms with Gasteiger partial charge in [0.2, 0.25) is 0 Å². The van der Waals surface area contributed by atoms with Crippen LogP contribution in [0.2, 0.25) is 0 Å². The number of aryl methyl sites for hydroxylation is 2. The van der Waals surface area contributed by atoms with E-state index in [0.29, 0.717) is 41.6 Å². The predicted octanol–water partition coefficient (Wildman–Crippen LogP) is 2.76. The van der Waals surface area contributed by atoms with Gasteiger partial charge in [-0.2, -0.15) is 5.10 Å². The van der Waals surface area contributed by atoms with Crippen molar-refractivity contribution in [1.29, 1.82) is 0 Å². The molecule has 128 valence electrons. The number of nitrogens with zero attached hydrogens (tertiary/aromatic N) is 3. The molecule has 0 aliphatic carbocycles.